The van der Waals surface area contributed by atoms with Gasteiger partial charge in [-0.1, -0.05) is 24.3 Å². The molecule has 0 bridgehead atoms. The number of benzene rings is 1. The molecule has 2 N–H and O–H groups in total. The molecular formula is C15H17N3O. The molecule has 0 fully saturated rings. The summed E-state index contributed by atoms with van der Waals surface area (Å²) < 4.78 is 0. The van der Waals surface area contributed by atoms with Crippen molar-refractivity contribution in [2.24, 2.45) is 5.92 Å². The van der Waals surface area contributed by atoms with Crippen LogP contribution < -0.4 is 5.32 Å². The van der Waals surface area contributed by atoms with E-state index in [0.717, 1.165) is 25.1 Å². The Bertz CT molecular complexity index is 538. The number of imidazole rings is 1. The van der Waals surface area contributed by atoms with Crippen molar-refractivity contribution in [1.29, 1.82) is 0 Å². The van der Waals surface area contributed by atoms with E-state index in [1.54, 1.807) is 12.4 Å². The topological polar surface area (TPSA) is 57.8 Å². The maximum Gasteiger partial charge on any atom is 0.223 e. The number of carbonyl (C=O) groups excluding carboxylic acids is 1. The average molecular weight is 255 g/mol. The third-order valence-corrected chi connectivity index (χ3v) is 3.64. The quantitative estimate of drug-likeness (QED) is 0.869. The zero-order valence-corrected chi connectivity index (χ0v) is 10.7. The van der Waals surface area contributed by atoms with E-state index in [1.165, 1.54) is 11.1 Å². The minimum absolute atomic E-state index is 0.0917. The molecule has 0 saturated carbocycles. The van der Waals surface area contributed by atoms with Gasteiger partial charge in [0.05, 0.1) is 0 Å². The van der Waals surface area contributed by atoms with Gasteiger partial charge in [-0.2, -0.15) is 0 Å². The Morgan fingerprint density at radius 1 is 1.32 bits per heavy atom. The highest BCUT2D eigenvalue weighted by Crippen LogP contribution is 2.26. The molecule has 1 aliphatic rings. The normalized spacial score (nSPS) is 14.3. The van der Waals surface area contributed by atoms with E-state index in [0.29, 0.717) is 6.54 Å². The second-order valence-corrected chi connectivity index (χ2v) is 4.95. The molecule has 0 spiro atoms. The zero-order chi connectivity index (χ0) is 13.1. The van der Waals surface area contributed by atoms with Crippen molar-refractivity contribution in [2.45, 2.75) is 19.3 Å². The van der Waals surface area contributed by atoms with Crippen LogP contribution in [0.1, 0.15) is 17.0 Å². The fourth-order valence-electron chi connectivity index (χ4n) is 2.63. The molecule has 1 aromatic carbocycles. The standard InChI is InChI=1S/C15H17N3O/c19-15(18-6-5-14-16-7-8-17-14)13-9-11-3-1-2-4-12(11)10-13/h1-4,7-8,13H,5-6,9-10H2,(H,16,17)(H,18,19). The zero-order valence-electron chi connectivity index (χ0n) is 10.7. The number of fused-ring (bicyclic) bond motifs is 1. The van der Waals surface area contributed by atoms with Gasteiger partial charge in [0.1, 0.15) is 5.82 Å². The lowest BCUT2D eigenvalue weighted by atomic mass is 10.1. The lowest BCUT2D eigenvalue weighted by Gasteiger charge is -2.09. The molecule has 19 heavy (non-hydrogen) atoms. The maximum atomic E-state index is 12.1. The van der Waals surface area contributed by atoms with E-state index in [4.69, 9.17) is 0 Å². The largest absolute Gasteiger partial charge is 0.355 e. The summed E-state index contributed by atoms with van der Waals surface area (Å²) in [6.45, 7) is 0.638. The Labute approximate surface area is 112 Å². The highest BCUT2D eigenvalue weighted by Gasteiger charge is 2.26. The fraction of sp³-hybridized carbons (Fsp3) is 0.333. The summed E-state index contributed by atoms with van der Waals surface area (Å²) in [5, 5.41) is 3.00. The van der Waals surface area contributed by atoms with Crippen LogP contribution in [0.2, 0.25) is 0 Å². The van der Waals surface area contributed by atoms with Crippen LogP contribution in [0.3, 0.4) is 0 Å². The van der Waals surface area contributed by atoms with Gasteiger partial charge < -0.3 is 10.3 Å². The average Bonchev–Trinajstić information content (AvgIpc) is 3.07. The summed E-state index contributed by atoms with van der Waals surface area (Å²) in [4.78, 5) is 19.3. The summed E-state index contributed by atoms with van der Waals surface area (Å²) in [6.07, 6.45) is 6.00. The number of aromatic amines is 1. The maximum absolute atomic E-state index is 12.1. The van der Waals surface area contributed by atoms with Crippen LogP contribution in [-0.2, 0) is 24.1 Å². The number of amides is 1. The van der Waals surface area contributed by atoms with Crippen LogP contribution in [0.5, 0.6) is 0 Å². The number of nitrogens with zero attached hydrogens (tertiary/aromatic N) is 1. The molecule has 0 radical (unpaired) electrons. The number of carbonyl (C=O) groups is 1. The van der Waals surface area contributed by atoms with Gasteiger partial charge in [-0.3, -0.25) is 4.79 Å². The minimum Gasteiger partial charge on any atom is -0.355 e. The number of hydrogen-bond acceptors (Lipinski definition) is 2. The molecule has 1 heterocycles. The molecule has 4 nitrogen and oxygen atoms in total. The van der Waals surface area contributed by atoms with Crippen molar-refractivity contribution in [2.75, 3.05) is 6.54 Å². The van der Waals surface area contributed by atoms with Gasteiger partial charge in [-0.25, -0.2) is 4.98 Å². The number of aromatic nitrogens is 2. The number of H-pyrrole nitrogens is 1. The number of rotatable bonds is 4. The molecule has 2 aromatic rings. The molecule has 1 aliphatic carbocycles. The second-order valence-electron chi connectivity index (χ2n) is 4.95. The van der Waals surface area contributed by atoms with E-state index in [2.05, 4.69) is 27.4 Å². The Hall–Kier alpha value is -2.10. The predicted octanol–water partition coefficient (Wildman–Crippen LogP) is 1.48. The molecule has 0 unspecified atom stereocenters. The van der Waals surface area contributed by atoms with Crippen molar-refractivity contribution >= 4 is 5.91 Å². The number of nitrogens with one attached hydrogen (secondary N) is 2. The highest BCUT2D eigenvalue weighted by atomic mass is 16.1. The van der Waals surface area contributed by atoms with Crippen molar-refractivity contribution < 1.29 is 4.79 Å². The van der Waals surface area contributed by atoms with E-state index in [9.17, 15) is 4.79 Å². The first-order valence-corrected chi connectivity index (χ1v) is 6.65. The summed E-state index contributed by atoms with van der Waals surface area (Å²) in [6, 6.07) is 8.31. The van der Waals surface area contributed by atoms with Crippen LogP contribution >= 0.6 is 0 Å². The smallest absolute Gasteiger partial charge is 0.223 e. The molecule has 1 amide bonds. The minimum atomic E-state index is 0.0917. The van der Waals surface area contributed by atoms with E-state index >= 15 is 0 Å². The molecule has 0 saturated heterocycles. The second kappa shape index (κ2) is 5.26. The third-order valence-electron chi connectivity index (χ3n) is 3.64. The van der Waals surface area contributed by atoms with Crippen LogP contribution in [0.15, 0.2) is 36.7 Å². The molecule has 1 aromatic heterocycles. The first-order chi connectivity index (χ1) is 9.33. The summed E-state index contributed by atoms with van der Waals surface area (Å²) in [5.41, 5.74) is 2.63. The highest BCUT2D eigenvalue weighted by molar-refractivity contribution is 5.80. The van der Waals surface area contributed by atoms with Crippen LogP contribution in [0, 0.1) is 5.92 Å². The van der Waals surface area contributed by atoms with Gasteiger partial charge in [-0.05, 0) is 24.0 Å². The van der Waals surface area contributed by atoms with E-state index < -0.39 is 0 Å². The summed E-state index contributed by atoms with van der Waals surface area (Å²) in [5.74, 6) is 1.16. The third kappa shape index (κ3) is 2.67. The van der Waals surface area contributed by atoms with Gasteiger partial charge in [0.15, 0.2) is 0 Å². The van der Waals surface area contributed by atoms with Crippen molar-refractivity contribution in [1.82, 2.24) is 15.3 Å². The van der Waals surface area contributed by atoms with Gasteiger partial charge in [0, 0.05) is 31.3 Å². The van der Waals surface area contributed by atoms with Crippen molar-refractivity contribution in [3.8, 4) is 0 Å². The Kier molecular flexibility index (Phi) is 3.31. The monoisotopic (exact) mass is 255 g/mol. The molecule has 98 valence electrons. The van der Waals surface area contributed by atoms with Gasteiger partial charge in [-0.15, -0.1) is 0 Å². The first-order valence-electron chi connectivity index (χ1n) is 6.65. The molecular weight excluding hydrogens is 238 g/mol. The first kappa shape index (κ1) is 12.0. The van der Waals surface area contributed by atoms with Crippen LogP contribution in [0.4, 0.5) is 0 Å². The lowest BCUT2D eigenvalue weighted by molar-refractivity contribution is -0.124. The lowest BCUT2D eigenvalue weighted by Crippen LogP contribution is -2.32. The SMILES string of the molecule is O=C(NCCc1ncc[nH]1)C1Cc2ccccc2C1. The molecule has 0 aliphatic heterocycles. The molecule has 4 heteroatoms. The fourth-order valence-corrected chi connectivity index (χ4v) is 2.63. The summed E-state index contributed by atoms with van der Waals surface area (Å²) >= 11 is 0. The van der Waals surface area contributed by atoms with Crippen molar-refractivity contribution in [3.05, 3.63) is 53.6 Å². The predicted molar refractivity (Wildman–Crippen MR) is 72.6 cm³/mol. The van der Waals surface area contributed by atoms with Crippen LogP contribution in [0.25, 0.3) is 0 Å². The summed E-state index contributed by atoms with van der Waals surface area (Å²) in [7, 11) is 0. The van der Waals surface area contributed by atoms with Gasteiger partial charge >= 0.3 is 0 Å². The van der Waals surface area contributed by atoms with E-state index in [1.807, 2.05) is 12.1 Å². The number of hydrogen-bond donors (Lipinski definition) is 2. The molecule has 0 atom stereocenters. The molecule has 3 rings (SSSR count). The van der Waals surface area contributed by atoms with Crippen LogP contribution in [-0.4, -0.2) is 22.4 Å². The Morgan fingerprint density at radius 2 is 2.05 bits per heavy atom. The Morgan fingerprint density at radius 3 is 2.68 bits per heavy atom. The van der Waals surface area contributed by atoms with Gasteiger partial charge in [0.2, 0.25) is 5.91 Å². The Balaban J connectivity index is 1.50. The van der Waals surface area contributed by atoms with Crippen molar-refractivity contribution in [3.63, 3.8) is 0 Å². The van der Waals surface area contributed by atoms with Gasteiger partial charge in [0.25, 0.3) is 0 Å². The van der Waals surface area contributed by atoms with E-state index in [-0.39, 0.29) is 11.8 Å².